The van der Waals surface area contributed by atoms with Gasteiger partial charge in [0.05, 0.1) is 0 Å². The van der Waals surface area contributed by atoms with Crippen molar-refractivity contribution in [3.63, 3.8) is 0 Å². The van der Waals surface area contributed by atoms with Gasteiger partial charge < -0.3 is 15.5 Å². The van der Waals surface area contributed by atoms with E-state index in [1.165, 1.54) is 17.7 Å². The summed E-state index contributed by atoms with van der Waals surface area (Å²) >= 11 is 0. The van der Waals surface area contributed by atoms with Crippen LogP contribution in [0.3, 0.4) is 0 Å². The first kappa shape index (κ1) is 22.4. The van der Waals surface area contributed by atoms with E-state index in [1.54, 1.807) is 6.20 Å². The molecule has 0 saturated carbocycles. The molecule has 0 aliphatic carbocycles. The molecule has 1 unspecified atom stereocenters. The molecule has 0 bridgehead atoms. The molecule has 0 radical (unpaired) electrons. The first-order valence-electron chi connectivity index (χ1n) is 9.50. The SMILES string of the molecule is CC(C)C(CN=C(N)N1CCN(c2ccc(F)cc2)CC1)c1cccnc1.I. The van der Waals surface area contributed by atoms with E-state index in [1.807, 2.05) is 24.4 Å². The molecule has 0 spiro atoms. The van der Waals surface area contributed by atoms with Gasteiger partial charge in [-0.2, -0.15) is 0 Å². The van der Waals surface area contributed by atoms with Crippen molar-refractivity contribution in [1.82, 2.24) is 9.88 Å². The molecule has 1 aromatic heterocycles. The molecule has 1 aliphatic rings. The Balaban J connectivity index is 0.00000280. The van der Waals surface area contributed by atoms with Crippen LogP contribution in [0.1, 0.15) is 25.3 Å². The maximum atomic E-state index is 13.1. The Kier molecular flexibility index (Phi) is 8.47. The largest absolute Gasteiger partial charge is 0.370 e. The van der Waals surface area contributed by atoms with E-state index in [0.29, 0.717) is 24.3 Å². The van der Waals surface area contributed by atoms with Crippen LogP contribution < -0.4 is 10.6 Å². The number of rotatable bonds is 5. The number of anilines is 1. The molecule has 28 heavy (non-hydrogen) atoms. The molecule has 3 rings (SSSR count). The van der Waals surface area contributed by atoms with E-state index in [9.17, 15) is 4.39 Å². The summed E-state index contributed by atoms with van der Waals surface area (Å²) in [5.41, 5.74) is 8.51. The predicted octanol–water partition coefficient (Wildman–Crippen LogP) is 3.72. The molecule has 1 atom stereocenters. The fraction of sp³-hybridized carbons (Fsp3) is 0.429. The third kappa shape index (κ3) is 5.80. The van der Waals surface area contributed by atoms with Gasteiger partial charge in [-0.05, 0) is 41.8 Å². The summed E-state index contributed by atoms with van der Waals surface area (Å²) in [6, 6.07) is 10.7. The molecule has 0 amide bonds. The summed E-state index contributed by atoms with van der Waals surface area (Å²) in [6.07, 6.45) is 3.71. The Morgan fingerprint density at radius 1 is 1.14 bits per heavy atom. The number of aliphatic imine (C=N–C) groups is 1. The Bertz CT molecular complexity index is 743. The van der Waals surface area contributed by atoms with Crippen molar-refractivity contribution >= 4 is 35.6 Å². The fourth-order valence-corrected chi connectivity index (χ4v) is 3.43. The van der Waals surface area contributed by atoms with E-state index in [-0.39, 0.29) is 29.8 Å². The molecule has 2 N–H and O–H groups in total. The quantitative estimate of drug-likeness (QED) is 0.389. The first-order valence-corrected chi connectivity index (χ1v) is 9.50. The molecule has 152 valence electrons. The molecule has 7 heteroatoms. The summed E-state index contributed by atoms with van der Waals surface area (Å²) in [5, 5.41) is 0. The van der Waals surface area contributed by atoms with Crippen LogP contribution in [-0.4, -0.2) is 48.6 Å². The zero-order valence-electron chi connectivity index (χ0n) is 16.5. The summed E-state index contributed by atoms with van der Waals surface area (Å²) in [5.74, 6) is 1.16. The second-order valence-corrected chi connectivity index (χ2v) is 7.29. The Hall–Kier alpha value is -1.90. The van der Waals surface area contributed by atoms with E-state index < -0.39 is 0 Å². The lowest BCUT2D eigenvalue weighted by Crippen LogP contribution is -2.51. The van der Waals surface area contributed by atoms with Crippen molar-refractivity contribution in [3.8, 4) is 0 Å². The summed E-state index contributed by atoms with van der Waals surface area (Å²) in [6.45, 7) is 8.37. The molecule has 5 nitrogen and oxygen atoms in total. The predicted molar refractivity (Wildman–Crippen MR) is 124 cm³/mol. The lowest BCUT2D eigenvalue weighted by atomic mass is 9.89. The lowest BCUT2D eigenvalue weighted by Gasteiger charge is -2.36. The molecule has 1 aliphatic heterocycles. The van der Waals surface area contributed by atoms with Crippen LogP contribution >= 0.6 is 24.0 Å². The average Bonchev–Trinajstić information content (AvgIpc) is 2.69. The molecule has 1 fully saturated rings. The number of nitrogens with zero attached hydrogens (tertiary/aromatic N) is 4. The Labute approximate surface area is 183 Å². The third-order valence-electron chi connectivity index (χ3n) is 5.16. The zero-order valence-corrected chi connectivity index (χ0v) is 18.8. The van der Waals surface area contributed by atoms with Crippen molar-refractivity contribution in [2.24, 2.45) is 16.6 Å². The van der Waals surface area contributed by atoms with Crippen molar-refractivity contribution in [3.05, 3.63) is 60.2 Å². The van der Waals surface area contributed by atoms with Crippen LogP contribution in [0.4, 0.5) is 10.1 Å². The Morgan fingerprint density at radius 3 is 2.39 bits per heavy atom. The van der Waals surface area contributed by atoms with E-state index in [0.717, 1.165) is 31.9 Å². The highest BCUT2D eigenvalue weighted by Gasteiger charge is 2.20. The lowest BCUT2D eigenvalue weighted by molar-refractivity contribution is 0.379. The van der Waals surface area contributed by atoms with Crippen LogP contribution in [0.5, 0.6) is 0 Å². The van der Waals surface area contributed by atoms with Gasteiger partial charge in [0.15, 0.2) is 5.96 Å². The molecular formula is C21H29FIN5. The van der Waals surface area contributed by atoms with Gasteiger partial charge in [-0.3, -0.25) is 9.98 Å². The van der Waals surface area contributed by atoms with Crippen LogP contribution in [-0.2, 0) is 0 Å². The minimum Gasteiger partial charge on any atom is -0.370 e. The van der Waals surface area contributed by atoms with E-state index >= 15 is 0 Å². The first-order chi connectivity index (χ1) is 13.0. The van der Waals surface area contributed by atoms with Gasteiger partial charge in [0, 0.05) is 56.7 Å². The number of benzene rings is 1. The minimum atomic E-state index is -0.206. The standard InChI is InChI=1S/C21H28FN5.HI/c1-16(2)20(17-4-3-9-24-14-17)15-25-21(23)27-12-10-26(11-13-27)19-7-5-18(22)6-8-19;/h3-9,14,16,20H,10-13,15H2,1-2H3,(H2,23,25);1H. The second-order valence-electron chi connectivity index (χ2n) is 7.29. The number of hydrogen-bond donors (Lipinski definition) is 1. The summed E-state index contributed by atoms with van der Waals surface area (Å²) < 4.78 is 13.1. The summed E-state index contributed by atoms with van der Waals surface area (Å²) in [4.78, 5) is 13.3. The van der Waals surface area contributed by atoms with Gasteiger partial charge in [0.2, 0.25) is 0 Å². The van der Waals surface area contributed by atoms with Crippen LogP contribution in [0, 0.1) is 11.7 Å². The van der Waals surface area contributed by atoms with Crippen molar-refractivity contribution in [1.29, 1.82) is 0 Å². The fourth-order valence-electron chi connectivity index (χ4n) is 3.43. The van der Waals surface area contributed by atoms with Crippen LogP contribution in [0.2, 0.25) is 0 Å². The van der Waals surface area contributed by atoms with Gasteiger partial charge in [-0.25, -0.2) is 4.39 Å². The minimum absolute atomic E-state index is 0. The second kappa shape index (κ2) is 10.6. The van der Waals surface area contributed by atoms with Gasteiger partial charge in [-0.1, -0.05) is 19.9 Å². The van der Waals surface area contributed by atoms with Gasteiger partial charge in [0.25, 0.3) is 0 Å². The van der Waals surface area contributed by atoms with Crippen molar-refractivity contribution in [2.75, 3.05) is 37.6 Å². The number of nitrogens with two attached hydrogens (primary N) is 1. The highest BCUT2D eigenvalue weighted by atomic mass is 127. The van der Waals surface area contributed by atoms with Gasteiger partial charge in [0.1, 0.15) is 5.82 Å². The number of halogens is 2. The highest BCUT2D eigenvalue weighted by Crippen LogP contribution is 2.24. The third-order valence-corrected chi connectivity index (χ3v) is 5.16. The van der Waals surface area contributed by atoms with Gasteiger partial charge in [-0.15, -0.1) is 24.0 Å². The monoisotopic (exact) mass is 497 g/mol. The molecule has 2 aromatic rings. The van der Waals surface area contributed by atoms with E-state index in [4.69, 9.17) is 5.73 Å². The molecule has 1 saturated heterocycles. The number of guanidine groups is 1. The average molecular weight is 497 g/mol. The topological polar surface area (TPSA) is 57.8 Å². The van der Waals surface area contributed by atoms with Crippen molar-refractivity contribution < 1.29 is 4.39 Å². The molecule has 1 aromatic carbocycles. The van der Waals surface area contributed by atoms with Crippen molar-refractivity contribution in [2.45, 2.75) is 19.8 Å². The molecular weight excluding hydrogens is 468 g/mol. The van der Waals surface area contributed by atoms with E-state index in [2.05, 4.69) is 39.7 Å². The normalized spacial score (nSPS) is 16.1. The summed E-state index contributed by atoms with van der Waals surface area (Å²) in [7, 11) is 0. The maximum Gasteiger partial charge on any atom is 0.191 e. The molecule has 2 heterocycles. The zero-order chi connectivity index (χ0) is 19.2. The number of hydrogen-bond acceptors (Lipinski definition) is 3. The van der Waals surface area contributed by atoms with Gasteiger partial charge >= 0.3 is 0 Å². The maximum absolute atomic E-state index is 13.1. The van der Waals surface area contributed by atoms with Crippen LogP contribution in [0.25, 0.3) is 0 Å². The highest BCUT2D eigenvalue weighted by molar-refractivity contribution is 14.0. The number of pyridine rings is 1. The number of piperazine rings is 1. The van der Waals surface area contributed by atoms with Crippen LogP contribution in [0.15, 0.2) is 53.8 Å². The Morgan fingerprint density at radius 2 is 1.82 bits per heavy atom. The smallest absolute Gasteiger partial charge is 0.191 e. The number of aromatic nitrogens is 1.